The third kappa shape index (κ3) is 9.36. The Morgan fingerprint density at radius 3 is 2.00 bits per heavy atom. The van der Waals surface area contributed by atoms with Crippen molar-refractivity contribution in [1.82, 2.24) is 0 Å². The number of ether oxygens (including phenoxy) is 2. The van der Waals surface area contributed by atoms with Crippen LogP contribution in [0.25, 0.3) is 0 Å². The second kappa shape index (κ2) is 8.80. The first-order chi connectivity index (χ1) is 8.77. The molecule has 0 aliphatic heterocycles. The van der Waals surface area contributed by atoms with Crippen LogP contribution in [0.4, 0.5) is 0 Å². The highest BCUT2D eigenvalue weighted by Gasteiger charge is 2.21. The quantitative estimate of drug-likeness (QED) is 0.474. The van der Waals surface area contributed by atoms with Crippen LogP contribution in [0.15, 0.2) is 0 Å². The molecule has 0 aromatic heterocycles. The minimum atomic E-state index is -0.417. The molecule has 0 aromatic rings. The van der Waals surface area contributed by atoms with Gasteiger partial charge in [0.2, 0.25) is 0 Å². The molecule has 0 fully saturated rings. The first-order valence-corrected chi connectivity index (χ1v) is 6.47. The number of ketones is 2. The van der Waals surface area contributed by atoms with Gasteiger partial charge in [-0.15, -0.1) is 0 Å². The molecule has 0 aliphatic carbocycles. The second-order valence-corrected chi connectivity index (χ2v) is 5.43. The third-order valence-corrected chi connectivity index (χ3v) is 2.63. The normalized spacial score (nSPS) is 11.2. The highest BCUT2D eigenvalue weighted by atomic mass is 16.6. The Balaban J connectivity index is 3.76. The summed E-state index contributed by atoms with van der Waals surface area (Å²) in [6, 6.07) is 0. The van der Waals surface area contributed by atoms with E-state index in [0.717, 1.165) is 0 Å². The second-order valence-electron chi connectivity index (χ2n) is 5.43. The monoisotopic (exact) mass is 272 g/mol. The van der Waals surface area contributed by atoms with Gasteiger partial charge >= 0.3 is 5.97 Å². The highest BCUT2D eigenvalue weighted by molar-refractivity contribution is 5.89. The smallest absolute Gasteiger partial charge is 0.306 e. The fourth-order valence-corrected chi connectivity index (χ4v) is 1.31. The van der Waals surface area contributed by atoms with Crippen LogP contribution < -0.4 is 0 Å². The lowest BCUT2D eigenvalue weighted by molar-refractivity contribution is -0.146. The van der Waals surface area contributed by atoms with Crippen LogP contribution in [0.5, 0.6) is 0 Å². The van der Waals surface area contributed by atoms with Crippen molar-refractivity contribution in [2.75, 3.05) is 20.3 Å². The maximum Gasteiger partial charge on any atom is 0.306 e. The summed E-state index contributed by atoms with van der Waals surface area (Å²) >= 11 is 0. The van der Waals surface area contributed by atoms with Crippen molar-refractivity contribution in [2.24, 2.45) is 5.41 Å². The van der Waals surface area contributed by atoms with E-state index in [2.05, 4.69) is 0 Å². The molecule has 0 rings (SSSR count). The minimum Gasteiger partial charge on any atom is -0.463 e. The largest absolute Gasteiger partial charge is 0.463 e. The Morgan fingerprint density at radius 2 is 1.47 bits per heavy atom. The van der Waals surface area contributed by atoms with E-state index >= 15 is 0 Å². The molecule has 0 amide bonds. The lowest BCUT2D eigenvalue weighted by Crippen LogP contribution is -2.21. The van der Waals surface area contributed by atoms with Gasteiger partial charge in [-0.25, -0.2) is 0 Å². The summed E-state index contributed by atoms with van der Waals surface area (Å²) in [7, 11) is 1.52. The van der Waals surface area contributed by atoms with Crippen LogP contribution in [0.3, 0.4) is 0 Å². The van der Waals surface area contributed by atoms with Crippen molar-refractivity contribution in [2.45, 2.75) is 46.5 Å². The van der Waals surface area contributed by atoms with E-state index < -0.39 is 11.4 Å². The van der Waals surface area contributed by atoms with Crippen molar-refractivity contribution in [3.05, 3.63) is 0 Å². The SMILES string of the molecule is COCCOC(=O)CCC(=O)CCC(=O)C(C)(C)C. The molecular formula is C14H24O5. The van der Waals surface area contributed by atoms with Crippen molar-refractivity contribution in [3.63, 3.8) is 0 Å². The standard InChI is InChI=1S/C14H24O5/c1-14(2,3)12(16)7-5-11(15)6-8-13(17)19-10-9-18-4/h5-10H2,1-4H3. The van der Waals surface area contributed by atoms with Crippen molar-refractivity contribution < 1.29 is 23.9 Å². The number of esters is 1. The van der Waals surface area contributed by atoms with Crippen molar-refractivity contribution in [3.8, 4) is 0 Å². The van der Waals surface area contributed by atoms with Gasteiger partial charge < -0.3 is 9.47 Å². The zero-order valence-corrected chi connectivity index (χ0v) is 12.3. The van der Waals surface area contributed by atoms with Gasteiger partial charge in [-0.3, -0.25) is 14.4 Å². The topological polar surface area (TPSA) is 69.7 Å². The summed E-state index contributed by atoms with van der Waals surface area (Å²) in [5.41, 5.74) is -0.417. The van der Waals surface area contributed by atoms with E-state index in [-0.39, 0.29) is 43.9 Å². The van der Waals surface area contributed by atoms with Crippen LogP contribution >= 0.6 is 0 Å². The molecule has 0 heterocycles. The molecule has 0 aliphatic rings. The molecule has 0 bridgehead atoms. The maximum absolute atomic E-state index is 11.6. The molecular weight excluding hydrogens is 248 g/mol. The molecule has 0 saturated heterocycles. The lowest BCUT2D eigenvalue weighted by atomic mass is 9.87. The van der Waals surface area contributed by atoms with E-state index in [1.807, 2.05) is 20.8 Å². The number of carbonyl (C=O) groups excluding carboxylic acids is 3. The molecule has 0 atom stereocenters. The molecule has 110 valence electrons. The zero-order valence-electron chi connectivity index (χ0n) is 12.3. The van der Waals surface area contributed by atoms with E-state index in [0.29, 0.717) is 6.61 Å². The Bertz CT molecular complexity index is 314. The van der Waals surface area contributed by atoms with E-state index in [1.54, 1.807) is 0 Å². The molecule has 19 heavy (non-hydrogen) atoms. The summed E-state index contributed by atoms with van der Waals surface area (Å²) in [5.74, 6) is -0.433. The van der Waals surface area contributed by atoms with Crippen LogP contribution in [-0.4, -0.2) is 37.9 Å². The van der Waals surface area contributed by atoms with E-state index in [4.69, 9.17) is 9.47 Å². The van der Waals surface area contributed by atoms with E-state index in [9.17, 15) is 14.4 Å². The number of rotatable bonds is 9. The maximum atomic E-state index is 11.6. The van der Waals surface area contributed by atoms with Gasteiger partial charge in [-0.05, 0) is 0 Å². The predicted octanol–water partition coefficient (Wildman–Crippen LogP) is 1.92. The lowest BCUT2D eigenvalue weighted by Gasteiger charge is -2.15. The van der Waals surface area contributed by atoms with Gasteiger partial charge in [0, 0.05) is 31.8 Å². The van der Waals surface area contributed by atoms with Crippen LogP contribution in [-0.2, 0) is 23.9 Å². The molecule has 5 heteroatoms. The Labute approximate surface area is 114 Å². The van der Waals surface area contributed by atoms with Gasteiger partial charge in [0.25, 0.3) is 0 Å². The number of methoxy groups -OCH3 is 1. The summed E-state index contributed by atoms with van der Waals surface area (Å²) in [6.45, 7) is 6.03. The van der Waals surface area contributed by atoms with Crippen LogP contribution in [0.1, 0.15) is 46.5 Å². The van der Waals surface area contributed by atoms with Crippen molar-refractivity contribution >= 4 is 17.5 Å². The molecule has 5 nitrogen and oxygen atoms in total. The van der Waals surface area contributed by atoms with Crippen LogP contribution in [0, 0.1) is 5.41 Å². The average molecular weight is 272 g/mol. The molecule has 0 radical (unpaired) electrons. The summed E-state index contributed by atoms with van der Waals surface area (Å²) < 4.78 is 9.56. The zero-order chi connectivity index (χ0) is 14.9. The number of Topliss-reactive ketones (excluding diaryl/α,β-unsaturated/α-hetero) is 2. The Kier molecular flexibility index (Phi) is 8.23. The molecule has 0 aromatic carbocycles. The molecule has 0 spiro atoms. The van der Waals surface area contributed by atoms with Gasteiger partial charge in [0.05, 0.1) is 13.0 Å². The summed E-state index contributed by atoms with van der Waals surface area (Å²) in [5, 5.41) is 0. The summed E-state index contributed by atoms with van der Waals surface area (Å²) in [6.07, 6.45) is 0.623. The molecule has 0 N–H and O–H groups in total. The highest BCUT2D eigenvalue weighted by Crippen LogP contribution is 2.18. The molecule has 0 unspecified atom stereocenters. The van der Waals surface area contributed by atoms with Crippen LogP contribution in [0.2, 0.25) is 0 Å². The minimum absolute atomic E-state index is 0.0588. The number of hydrogen-bond acceptors (Lipinski definition) is 5. The van der Waals surface area contributed by atoms with Gasteiger partial charge in [0.15, 0.2) is 0 Å². The third-order valence-electron chi connectivity index (χ3n) is 2.63. The van der Waals surface area contributed by atoms with Crippen molar-refractivity contribution in [1.29, 1.82) is 0 Å². The van der Waals surface area contributed by atoms with Gasteiger partial charge in [0.1, 0.15) is 18.2 Å². The summed E-state index contributed by atoms with van der Waals surface area (Å²) in [4.78, 5) is 34.4. The first-order valence-electron chi connectivity index (χ1n) is 6.47. The van der Waals surface area contributed by atoms with E-state index in [1.165, 1.54) is 7.11 Å². The predicted molar refractivity (Wildman–Crippen MR) is 70.8 cm³/mol. The Hall–Kier alpha value is -1.23. The van der Waals surface area contributed by atoms with Gasteiger partial charge in [-0.1, -0.05) is 20.8 Å². The van der Waals surface area contributed by atoms with Gasteiger partial charge in [-0.2, -0.15) is 0 Å². The first kappa shape index (κ1) is 17.8. The molecule has 0 saturated carbocycles. The Morgan fingerprint density at radius 1 is 0.895 bits per heavy atom. The fourth-order valence-electron chi connectivity index (χ4n) is 1.31. The number of carbonyl (C=O) groups is 3. The fraction of sp³-hybridized carbons (Fsp3) is 0.786. The number of hydrogen-bond donors (Lipinski definition) is 0. The average Bonchev–Trinajstić information content (AvgIpc) is 2.32.